The number of likely N-dealkylation sites (N-methyl/N-ethyl adjacent to an activating group) is 1. The summed E-state index contributed by atoms with van der Waals surface area (Å²) in [5.41, 5.74) is 1.95. The summed E-state index contributed by atoms with van der Waals surface area (Å²) >= 11 is 0. The maximum absolute atomic E-state index is 12.7. The van der Waals surface area contributed by atoms with Gasteiger partial charge in [-0.2, -0.15) is 13.2 Å². The first kappa shape index (κ1) is 17.3. The van der Waals surface area contributed by atoms with E-state index in [4.69, 9.17) is 0 Å². The first-order valence-electron chi connectivity index (χ1n) is 8.11. The molecule has 0 saturated carbocycles. The van der Waals surface area contributed by atoms with Crippen molar-refractivity contribution in [2.45, 2.75) is 25.1 Å². The van der Waals surface area contributed by atoms with Gasteiger partial charge in [0.2, 0.25) is 5.91 Å². The van der Waals surface area contributed by atoms with Gasteiger partial charge in [-0.05, 0) is 42.2 Å². The van der Waals surface area contributed by atoms with E-state index in [9.17, 15) is 18.0 Å². The maximum Gasteiger partial charge on any atom is 0.416 e. The summed E-state index contributed by atoms with van der Waals surface area (Å²) in [7, 11) is 1.74. The molecule has 3 nitrogen and oxygen atoms in total. The number of halogens is 3. The Balaban J connectivity index is 1.64. The molecule has 1 aliphatic rings. The first-order valence-corrected chi connectivity index (χ1v) is 8.11. The van der Waals surface area contributed by atoms with E-state index in [1.807, 2.05) is 18.2 Å². The Bertz CT molecular complexity index is 773. The van der Waals surface area contributed by atoms with Crippen LogP contribution in [0.4, 0.5) is 18.9 Å². The number of carbonyl (C=O) groups excluding carboxylic acids is 1. The number of nitrogens with one attached hydrogen (secondary N) is 1. The van der Waals surface area contributed by atoms with Crippen LogP contribution in [0.25, 0.3) is 0 Å². The summed E-state index contributed by atoms with van der Waals surface area (Å²) in [6.07, 6.45) is -2.60. The van der Waals surface area contributed by atoms with Crippen molar-refractivity contribution in [2.24, 2.45) is 0 Å². The number of amides is 1. The summed E-state index contributed by atoms with van der Waals surface area (Å²) in [6.45, 7) is -0.0452. The molecule has 2 aromatic rings. The van der Waals surface area contributed by atoms with Crippen LogP contribution in [-0.4, -0.2) is 24.4 Å². The van der Waals surface area contributed by atoms with Gasteiger partial charge in [-0.15, -0.1) is 0 Å². The van der Waals surface area contributed by atoms with E-state index in [1.165, 1.54) is 17.7 Å². The zero-order chi connectivity index (χ0) is 18.0. The molecule has 0 aliphatic heterocycles. The van der Waals surface area contributed by atoms with Gasteiger partial charge in [0.25, 0.3) is 0 Å². The Morgan fingerprint density at radius 3 is 2.72 bits per heavy atom. The lowest BCUT2D eigenvalue weighted by Crippen LogP contribution is -2.34. The molecule has 1 atom stereocenters. The second kappa shape index (κ2) is 6.78. The van der Waals surface area contributed by atoms with E-state index in [-0.39, 0.29) is 24.2 Å². The average molecular weight is 348 g/mol. The Morgan fingerprint density at radius 1 is 1.20 bits per heavy atom. The lowest BCUT2D eigenvalue weighted by atomic mass is 10.1. The molecule has 0 fully saturated rings. The van der Waals surface area contributed by atoms with E-state index in [0.717, 1.165) is 30.5 Å². The molecule has 0 aromatic heterocycles. The minimum Gasteiger partial charge on any atom is -0.376 e. The largest absolute Gasteiger partial charge is 0.416 e. The topological polar surface area (TPSA) is 32.3 Å². The smallest absolute Gasteiger partial charge is 0.376 e. The highest BCUT2D eigenvalue weighted by Crippen LogP contribution is 2.35. The summed E-state index contributed by atoms with van der Waals surface area (Å²) in [5.74, 6) is -0.154. The van der Waals surface area contributed by atoms with Crippen LogP contribution in [0.5, 0.6) is 0 Å². The number of carbonyl (C=O) groups is 1. The minimum absolute atomic E-state index is 0.0204. The lowest BCUT2D eigenvalue weighted by molar-refractivity contribution is -0.137. The van der Waals surface area contributed by atoms with E-state index in [1.54, 1.807) is 11.9 Å². The molecule has 0 heterocycles. The Labute approximate surface area is 144 Å². The molecule has 132 valence electrons. The van der Waals surface area contributed by atoms with Crippen LogP contribution in [0.3, 0.4) is 0 Å². The molecule has 1 amide bonds. The third-order valence-electron chi connectivity index (χ3n) is 4.60. The van der Waals surface area contributed by atoms with Crippen molar-refractivity contribution in [1.29, 1.82) is 0 Å². The van der Waals surface area contributed by atoms with Gasteiger partial charge in [0, 0.05) is 12.7 Å². The van der Waals surface area contributed by atoms with Gasteiger partial charge in [0.1, 0.15) is 0 Å². The standard InChI is InChI=1S/C19H19F3N2O/c1-24(17-10-9-13-5-2-3-8-16(13)17)18(25)12-23-15-7-4-6-14(11-15)19(20,21)22/h2-8,11,17,23H,9-10,12H2,1H3. The number of aryl methyl sites for hydroxylation is 1. The predicted octanol–water partition coefficient (Wildman–Crippen LogP) is 4.26. The van der Waals surface area contributed by atoms with Gasteiger partial charge in [-0.25, -0.2) is 0 Å². The van der Waals surface area contributed by atoms with Gasteiger partial charge in [0.05, 0.1) is 18.2 Å². The number of hydrogen-bond donors (Lipinski definition) is 1. The number of benzene rings is 2. The molecule has 1 N–H and O–H groups in total. The summed E-state index contributed by atoms with van der Waals surface area (Å²) in [4.78, 5) is 14.1. The predicted molar refractivity (Wildman–Crippen MR) is 90.2 cm³/mol. The summed E-state index contributed by atoms with van der Waals surface area (Å²) in [5, 5.41) is 2.79. The first-order chi connectivity index (χ1) is 11.9. The molecule has 1 unspecified atom stereocenters. The van der Waals surface area contributed by atoms with Crippen LogP contribution in [0, 0.1) is 0 Å². The third-order valence-corrected chi connectivity index (χ3v) is 4.60. The Kier molecular flexibility index (Phi) is 4.70. The zero-order valence-corrected chi connectivity index (χ0v) is 13.8. The molecule has 0 radical (unpaired) electrons. The Hall–Kier alpha value is -2.50. The van der Waals surface area contributed by atoms with Crippen molar-refractivity contribution in [3.63, 3.8) is 0 Å². The fourth-order valence-electron chi connectivity index (χ4n) is 3.22. The molecule has 1 aliphatic carbocycles. The van der Waals surface area contributed by atoms with E-state index < -0.39 is 11.7 Å². The van der Waals surface area contributed by atoms with Crippen molar-refractivity contribution in [2.75, 3.05) is 18.9 Å². The molecule has 0 spiro atoms. The van der Waals surface area contributed by atoms with Crippen LogP contribution < -0.4 is 5.32 Å². The van der Waals surface area contributed by atoms with Crippen LogP contribution in [-0.2, 0) is 17.4 Å². The third kappa shape index (κ3) is 3.78. The van der Waals surface area contributed by atoms with Crippen LogP contribution in [0.2, 0.25) is 0 Å². The number of fused-ring (bicyclic) bond motifs is 1. The Morgan fingerprint density at radius 2 is 1.96 bits per heavy atom. The quantitative estimate of drug-likeness (QED) is 0.895. The van der Waals surface area contributed by atoms with Crippen molar-refractivity contribution in [1.82, 2.24) is 4.90 Å². The van der Waals surface area contributed by atoms with Crippen molar-refractivity contribution in [3.05, 3.63) is 65.2 Å². The van der Waals surface area contributed by atoms with Crippen LogP contribution >= 0.6 is 0 Å². The van der Waals surface area contributed by atoms with Gasteiger partial charge in [-0.3, -0.25) is 4.79 Å². The number of alkyl halides is 3. The van der Waals surface area contributed by atoms with Gasteiger partial charge < -0.3 is 10.2 Å². The molecule has 0 bridgehead atoms. The van der Waals surface area contributed by atoms with Crippen molar-refractivity contribution in [3.8, 4) is 0 Å². The van der Waals surface area contributed by atoms with E-state index in [0.29, 0.717) is 0 Å². The minimum atomic E-state index is -4.40. The second-order valence-electron chi connectivity index (χ2n) is 6.19. The number of anilines is 1. The summed E-state index contributed by atoms with van der Waals surface area (Å²) < 4.78 is 38.2. The van der Waals surface area contributed by atoms with E-state index in [2.05, 4.69) is 11.4 Å². The van der Waals surface area contributed by atoms with Crippen LogP contribution in [0.15, 0.2) is 48.5 Å². The van der Waals surface area contributed by atoms with E-state index >= 15 is 0 Å². The fourth-order valence-corrected chi connectivity index (χ4v) is 3.22. The number of nitrogens with zero attached hydrogens (tertiary/aromatic N) is 1. The average Bonchev–Trinajstić information content (AvgIpc) is 3.02. The SMILES string of the molecule is CN(C(=O)CNc1cccc(C(F)(F)F)c1)C1CCc2ccccc21. The molecule has 0 saturated heterocycles. The van der Waals surface area contributed by atoms with Gasteiger partial charge in [0.15, 0.2) is 0 Å². The highest BCUT2D eigenvalue weighted by Gasteiger charge is 2.31. The molecule has 3 rings (SSSR count). The zero-order valence-electron chi connectivity index (χ0n) is 13.8. The van der Waals surface area contributed by atoms with Crippen molar-refractivity contribution >= 4 is 11.6 Å². The highest BCUT2D eigenvalue weighted by molar-refractivity contribution is 5.81. The van der Waals surface area contributed by atoms with Crippen molar-refractivity contribution < 1.29 is 18.0 Å². The second-order valence-corrected chi connectivity index (χ2v) is 6.19. The number of hydrogen-bond acceptors (Lipinski definition) is 2. The van der Waals surface area contributed by atoms with Gasteiger partial charge in [-0.1, -0.05) is 30.3 Å². The van der Waals surface area contributed by atoms with Gasteiger partial charge >= 0.3 is 6.18 Å². The van der Waals surface area contributed by atoms with Crippen LogP contribution in [0.1, 0.15) is 29.2 Å². The highest BCUT2D eigenvalue weighted by atomic mass is 19.4. The normalized spacial score (nSPS) is 16.4. The molecular formula is C19H19F3N2O. The number of rotatable bonds is 4. The molecular weight excluding hydrogens is 329 g/mol. The fraction of sp³-hybridized carbons (Fsp3) is 0.316. The molecule has 6 heteroatoms. The summed E-state index contributed by atoms with van der Waals surface area (Å²) in [6, 6.07) is 12.9. The maximum atomic E-state index is 12.7. The lowest BCUT2D eigenvalue weighted by Gasteiger charge is -2.26. The molecule has 2 aromatic carbocycles. The molecule has 25 heavy (non-hydrogen) atoms. The monoisotopic (exact) mass is 348 g/mol.